The summed E-state index contributed by atoms with van der Waals surface area (Å²) in [5.41, 5.74) is 2.30. The Hall–Kier alpha value is -3.62. The fourth-order valence-electron chi connectivity index (χ4n) is 3.59. The van der Waals surface area contributed by atoms with E-state index in [1.165, 1.54) is 18.2 Å². The van der Waals surface area contributed by atoms with Crippen LogP contribution in [0, 0.1) is 5.82 Å². The molecule has 0 spiro atoms. The van der Waals surface area contributed by atoms with E-state index in [4.69, 9.17) is 0 Å². The molecule has 1 aromatic heterocycles. The van der Waals surface area contributed by atoms with E-state index >= 15 is 0 Å². The monoisotopic (exact) mass is 392 g/mol. The molecule has 8 nitrogen and oxygen atoms in total. The van der Waals surface area contributed by atoms with Gasteiger partial charge in [-0.05, 0) is 53.1 Å². The minimum atomic E-state index is -0.695. The Balaban J connectivity index is 1.40. The molecule has 9 heteroatoms. The van der Waals surface area contributed by atoms with Gasteiger partial charge in [0, 0.05) is 23.4 Å². The number of nitrogens with zero attached hydrogens (tertiary/aromatic N) is 4. The normalized spacial score (nSPS) is 18.1. The maximum Gasteiger partial charge on any atom is 0.232 e. The highest BCUT2D eigenvalue weighted by Crippen LogP contribution is 2.37. The van der Waals surface area contributed by atoms with Gasteiger partial charge in [-0.2, -0.15) is 0 Å². The third-order valence-electron chi connectivity index (χ3n) is 5.14. The number of hydrogen-bond donors (Lipinski definition) is 2. The minimum Gasteiger partial charge on any atom is -0.326 e. The van der Waals surface area contributed by atoms with Crippen LogP contribution in [0.2, 0.25) is 0 Å². The van der Waals surface area contributed by atoms with Gasteiger partial charge in [-0.25, -0.2) is 9.07 Å². The largest absolute Gasteiger partial charge is 0.326 e. The number of halogens is 1. The van der Waals surface area contributed by atoms with Crippen molar-refractivity contribution in [1.29, 1.82) is 0 Å². The first-order chi connectivity index (χ1) is 14.1. The lowest BCUT2D eigenvalue weighted by Crippen LogP contribution is -2.30. The maximum atomic E-state index is 13.5. The summed E-state index contributed by atoms with van der Waals surface area (Å²) in [7, 11) is 0. The van der Waals surface area contributed by atoms with Crippen molar-refractivity contribution in [3.8, 4) is 11.4 Å². The molecule has 2 aromatic carbocycles. The third kappa shape index (κ3) is 3.35. The third-order valence-corrected chi connectivity index (χ3v) is 5.14. The first kappa shape index (κ1) is 17.5. The highest BCUT2D eigenvalue weighted by molar-refractivity contribution is 6.05. The molecule has 146 valence electrons. The van der Waals surface area contributed by atoms with Crippen LogP contribution < -0.4 is 10.6 Å². The Kier molecular flexibility index (Phi) is 4.08. The lowest BCUT2D eigenvalue weighted by atomic mass is 9.89. The Morgan fingerprint density at radius 2 is 2.07 bits per heavy atom. The Morgan fingerprint density at radius 3 is 2.90 bits per heavy atom. The molecular formula is C20H17FN6O2. The molecule has 2 amide bonds. The fraction of sp³-hybridized carbons (Fsp3) is 0.250. The van der Waals surface area contributed by atoms with Crippen LogP contribution in [-0.4, -0.2) is 32.0 Å². The van der Waals surface area contributed by atoms with E-state index in [1.54, 1.807) is 16.8 Å². The predicted octanol–water partition coefficient (Wildman–Crippen LogP) is 2.88. The van der Waals surface area contributed by atoms with Crippen molar-refractivity contribution in [3.63, 3.8) is 0 Å². The second kappa shape index (κ2) is 6.77. The number of nitrogens with one attached hydrogen (secondary N) is 2. The maximum absolute atomic E-state index is 13.5. The zero-order chi connectivity index (χ0) is 20.0. The topological polar surface area (TPSA) is 102 Å². The van der Waals surface area contributed by atoms with Gasteiger partial charge in [0.2, 0.25) is 11.8 Å². The van der Waals surface area contributed by atoms with Gasteiger partial charge in [0.25, 0.3) is 0 Å². The molecule has 1 unspecified atom stereocenters. The molecule has 2 aliphatic rings. The first-order valence-electron chi connectivity index (χ1n) is 9.37. The molecule has 0 bridgehead atoms. The molecule has 0 radical (unpaired) electrons. The van der Waals surface area contributed by atoms with E-state index in [2.05, 4.69) is 26.2 Å². The van der Waals surface area contributed by atoms with Crippen LogP contribution in [-0.2, 0) is 9.59 Å². The number of tetrazole rings is 1. The summed E-state index contributed by atoms with van der Waals surface area (Å²) < 4.78 is 15.3. The molecule has 3 aromatic rings. The van der Waals surface area contributed by atoms with Crippen molar-refractivity contribution >= 4 is 23.2 Å². The zero-order valence-electron chi connectivity index (χ0n) is 15.3. The Morgan fingerprint density at radius 1 is 1.21 bits per heavy atom. The second-order valence-electron chi connectivity index (χ2n) is 7.28. The average Bonchev–Trinajstić information content (AvgIpc) is 3.43. The molecule has 1 fully saturated rings. The van der Waals surface area contributed by atoms with Crippen LogP contribution in [0.5, 0.6) is 0 Å². The number of fused-ring (bicyclic) bond motifs is 1. The van der Waals surface area contributed by atoms with Crippen LogP contribution >= 0.6 is 0 Å². The zero-order valence-corrected chi connectivity index (χ0v) is 15.3. The van der Waals surface area contributed by atoms with Gasteiger partial charge in [-0.1, -0.05) is 18.2 Å². The van der Waals surface area contributed by atoms with E-state index in [-0.39, 0.29) is 18.2 Å². The number of benzene rings is 2. The quantitative estimate of drug-likeness (QED) is 0.711. The lowest BCUT2D eigenvalue weighted by molar-refractivity contribution is -0.123. The van der Waals surface area contributed by atoms with Crippen LogP contribution in [0.15, 0.2) is 42.5 Å². The summed E-state index contributed by atoms with van der Waals surface area (Å²) in [6.45, 7) is 0. The number of anilines is 2. The lowest BCUT2D eigenvalue weighted by Gasteiger charge is -2.25. The average molecular weight is 392 g/mol. The van der Waals surface area contributed by atoms with Gasteiger partial charge in [0.1, 0.15) is 5.82 Å². The smallest absolute Gasteiger partial charge is 0.232 e. The first-order valence-corrected chi connectivity index (χ1v) is 9.37. The summed E-state index contributed by atoms with van der Waals surface area (Å²) >= 11 is 0. The van der Waals surface area contributed by atoms with E-state index in [9.17, 15) is 14.0 Å². The van der Waals surface area contributed by atoms with Gasteiger partial charge in [-0.3, -0.25) is 9.59 Å². The molecule has 1 atom stereocenters. The van der Waals surface area contributed by atoms with Crippen LogP contribution in [0.3, 0.4) is 0 Å². The molecule has 5 rings (SSSR count). The standard InChI is InChI=1S/C20H17FN6O2/c21-12-4-7-15-16(10-18(28)23-17(15)9-12)20(29)22-13-3-1-2-11(8-13)19-24-25-26-27(19)14-5-6-14/h1-4,7-9,14,16H,5-6,10H2,(H,22,29)(H,23,28). The van der Waals surface area contributed by atoms with Crippen molar-refractivity contribution in [2.45, 2.75) is 31.2 Å². The van der Waals surface area contributed by atoms with Crippen LogP contribution in [0.4, 0.5) is 15.8 Å². The van der Waals surface area contributed by atoms with E-state index < -0.39 is 11.7 Å². The molecule has 1 saturated carbocycles. The SMILES string of the molecule is O=C1CC(C(=O)Nc2cccc(-c3nnnn3C3CC3)c2)c2ccc(F)cc2N1. The minimum absolute atomic E-state index is 0.00405. The van der Waals surface area contributed by atoms with Crippen LogP contribution in [0.25, 0.3) is 11.4 Å². The summed E-state index contributed by atoms with van der Waals surface area (Å²) in [5, 5.41) is 17.4. The molecule has 1 aliphatic carbocycles. The van der Waals surface area contributed by atoms with Crippen molar-refractivity contribution < 1.29 is 14.0 Å². The van der Waals surface area contributed by atoms with Gasteiger partial charge < -0.3 is 10.6 Å². The van der Waals surface area contributed by atoms with E-state index in [1.807, 2.05) is 12.1 Å². The van der Waals surface area contributed by atoms with Crippen molar-refractivity contribution in [2.24, 2.45) is 0 Å². The summed E-state index contributed by atoms with van der Waals surface area (Å²) in [6, 6.07) is 11.6. The van der Waals surface area contributed by atoms with Gasteiger partial charge in [0.15, 0.2) is 5.82 Å². The van der Waals surface area contributed by atoms with Gasteiger partial charge in [-0.15, -0.1) is 5.10 Å². The number of carbonyl (C=O) groups is 2. The van der Waals surface area contributed by atoms with E-state index in [0.717, 1.165) is 18.4 Å². The predicted molar refractivity (Wildman–Crippen MR) is 103 cm³/mol. The van der Waals surface area contributed by atoms with Gasteiger partial charge in [0.05, 0.1) is 12.0 Å². The number of rotatable bonds is 4. The molecule has 2 heterocycles. The number of amides is 2. The molecule has 2 N–H and O–H groups in total. The summed E-state index contributed by atoms with van der Waals surface area (Å²) in [4.78, 5) is 24.9. The number of carbonyl (C=O) groups excluding carboxylic acids is 2. The number of aromatic nitrogens is 4. The molecule has 0 saturated heterocycles. The molecular weight excluding hydrogens is 375 g/mol. The fourth-order valence-corrected chi connectivity index (χ4v) is 3.59. The van der Waals surface area contributed by atoms with E-state index in [0.29, 0.717) is 28.8 Å². The molecule has 29 heavy (non-hydrogen) atoms. The second-order valence-corrected chi connectivity index (χ2v) is 7.28. The van der Waals surface area contributed by atoms with Crippen molar-refractivity contribution in [3.05, 3.63) is 53.8 Å². The van der Waals surface area contributed by atoms with Crippen molar-refractivity contribution in [2.75, 3.05) is 10.6 Å². The van der Waals surface area contributed by atoms with Crippen molar-refractivity contribution in [1.82, 2.24) is 20.2 Å². The Bertz CT molecular complexity index is 1120. The highest BCUT2D eigenvalue weighted by atomic mass is 19.1. The summed E-state index contributed by atoms with van der Waals surface area (Å²) in [6.07, 6.45) is 2.11. The highest BCUT2D eigenvalue weighted by Gasteiger charge is 2.31. The number of hydrogen-bond acceptors (Lipinski definition) is 5. The van der Waals surface area contributed by atoms with Crippen LogP contribution in [0.1, 0.15) is 36.8 Å². The van der Waals surface area contributed by atoms with Gasteiger partial charge >= 0.3 is 0 Å². The molecule has 1 aliphatic heterocycles. The Labute approximate surface area is 165 Å². The summed E-state index contributed by atoms with van der Waals surface area (Å²) in [5.74, 6) is -1.15.